The number of alkyl halides is 3. The fourth-order valence-electron chi connectivity index (χ4n) is 0.329. The van der Waals surface area contributed by atoms with E-state index in [9.17, 15) is 13.2 Å². The molecule has 0 heterocycles. The van der Waals surface area contributed by atoms with Crippen molar-refractivity contribution >= 4 is 0 Å². The molecule has 2 nitrogen and oxygen atoms in total. The average Bonchev–Trinajstić information content (AvgIpc) is 1.63. The number of nitrogens with one attached hydrogen (secondary N) is 2. The molecule has 56 valence electrons. The molecular weight excluding hydrogens is 133 g/mol. The smallest absolute Gasteiger partial charge is 0.261 e. The van der Waals surface area contributed by atoms with Crippen molar-refractivity contribution in [3.63, 3.8) is 0 Å². The number of hydrogen-bond donors (Lipinski definition) is 2. The van der Waals surface area contributed by atoms with Crippen LogP contribution in [0.2, 0.25) is 0 Å². The monoisotopic (exact) mass is 142 g/mol. The summed E-state index contributed by atoms with van der Waals surface area (Å²) in [5.74, 6) is 0. The summed E-state index contributed by atoms with van der Waals surface area (Å²) in [5.41, 5.74) is 4.73. The third-order valence-electron chi connectivity index (χ3n) is 0.710. The number of halogens is 3. The second kappa shape index (κ2) is 3.68. The highest BCUT2D eigenvalue weighted by atomic mass is 19.4. The molecule has 5 heteroatoms. The lowest BCUT2D eigenvalue weighted by molar-refractivity contribution is -0.133. The Morgan fingerprint density at radius 2 is 1.89 bits per heavy atom. The van der Waals surface area contributed by atoms with Gasteiger partial charge in [-0.3, -0.25) is 10.9 Å². The number of hydrazine groups is 1. The molecule has 0 fully saturated rings. The Bertz CT molecular complexity index is 70.7. The molecule has 0 aliphatic rings. The Kier molecular flexibility index (Phi) is 3.56. The van der Waals surface area contributed by atoms with Gasteiger partial charge in [0.1, 0.15) is 0 Å². The van der Waals surface area contributed by atoms with Crippen molar-refractivity contribution in [3.8, 4) is 0 Å². The lowest BCUT2D eigenvalue weighted by Crippen LogP contribution is -2.31. The van der Waals surface area contributed by atoms with Crippen molar-refractivity contribution in [1.82, 2.24) is 10.9 Å². The molecule has 0 saturated heterocycles. The van der Waals surface area contributed by atoms with Crippen molar-refractivity contribution in [3.05, 3.63) is 0 Å². The minimum atomic E-state index is -4.05. The maximum atomic E-state index is 11.3. The summed E-state index contributed by atoms with van der Waals surface area (Å²) in [6.07, 6.45) is -4.85. The zero-order chi connectivity index (χ0) is 7.33. The first-order chi connectivity index (χ1) is 4.06. The zero-order valence-electron chi connectivity index (χ0n) is 5.05. The third-order valence-corrected chi connectivity index (χ3v) is 0.710. The van der Waals surface area contributed by atoms with E-state index in [1.807, 2.05) is 0 Å². The van der Waals surface area contributed by atoms with Gasteiger partial charge < -0.3 is 0 Å². The van der Waals surface area contributed by atoms with Crippen LogP contribution < -0.4 is 10.9 Å². The van der Waals surface area contributed by atoms with E-state index >= 15 is 0 Å². The Labute approximate surface area is 51.4 Å². The molecule has 0 aromatic rings. The first-order valence-corrected chi connectivity index (χ1v) is 2.52. The molecule has 0 radical (unpaired) electrons. The van der Waals surface area contributed by atoms with E-state index in [0.29, 0.717) is 0 Å². The summed E-state index contributed by atoms with van der Waals surface area (Å²) in [6, 6.07) is 0. The molecule has 0 unspecified atom stereocenters. The van der Waals surface area contributed by atoms with Crippen molar-refractivity contribution in [2.24, 2.45) is 0 Å². The summed E-state index contributed by atoms with van der Waals surface area (Å²) < 4.78 is 33.9. The number of rotatable bonds is 3. The normalized spacial score (nSPS) is 12.0. The van der Waals surface area contributed by atoms with Crippen molar-refractivity contribution in [2.75, 3.05) is 13.6 Å². The molecule has 0 aromatic carbocycles. The van der Waals surface area contributed by atoms with E-state index in [1.165, 1.54) is 7.05 Å². The Balaban J connectivity index is 3.07. The lowest BCUT2D eigenvalue weighted by atomic mass is 10.4. The highest BCUT2D eigenvalue weighted by molar-refractivity contribution is 4.50. The maximum Gasteiger partial charge on any atom is 0.390 e. The highest BCUT2D eigenvalue weighted by Gasteiger charge is 2.25. The Hall–Kier alpha value is -0.290. The molecule has 0 bridgehead atoms. The van der Waals surface area contributed by atoms with Crippen LogP contribution in [0.25, 0.3) is 0 Å². The fourth-order valence-corrected chi connectivity index (χ4v) is 0.329. The molecule has 0 atom stereocenters. The van der Waals surface area contributed by atoms with Gasteiger partial charge in [-0.25, -0.2) is 0 Å². The van der Waals surface area contributed by atoms with Gasteiger partial charge >= 0.3 is 6.18 Å². The second-order valence-corrected chi connectivity index (χ2v) is 1.54. The Morgan fingerprint density at radius 3 is 2.22 bits per heavy atom. The van der Waals surface area contributed by atoms with Crippen LogP contribution in [-0.2, 0) is 0 Å². The first-order valence-electron chi connectivity index (χ1n) is 2.52. The first kappa shape index (κ1) is 8.71. The summed E-state index contributed by atoms with van der Waals surface area (Å²) in [4.78, 5) is 0. The van der Waals surface area contributed by atoms with Crippen LogP contribution in [0.15, 0.2) is 0 Å². The predicted octanol–water partition coefficient (Wildman–Crippen LogP) is 0.663. The average molecular weight is 142 g/mol. The summed E-state index contributed by atoms with van der Waals surface area (Å²) in [7, 11) is 1.52. The summed E-state index contributed by atoms with van der Waals surface area (Å²) >= 11 is 0. The molecule has 0 amide bonds. The molecule has 0 rings (SSSR count). The third kappa shape index (κ3) is 7.71. The van der Waals surface area contributed by atoms with Crippen molar-refractivity contribution in [2.45, 2.75) is 12.6 Å². The molecule has 0 aliphatic carbocycles. The van der Waals surface area contributed by atoms with Gasteiger partial charge in [-0.15, -0.1) is 0 Å². The van der Waals surface area contributed by atoms with Gasteiger partial charge in [-0.1, -0.05) is 0 Å². The second-order valence-electron chi connectivity index (χ2n) is 1.54. The Morgan fingerprint density at radius 1 is 1.33 bits per heavy atom. The van der Waals surface area contributed by atoms with Gasteiger partial charge in [0.2, 0.25) is 0 Å². The standard InChI is InChI=1S/C4H9F3N2/c1-8-9-3-2-4(5,6)7/h8-9H,2-3H2,1H3. The predicted molar refractivity (Wildman–Crippen MR) is 27.7 cm³/mol. The molecule has 9 heavy (non-hydrogen) atoms. The quantitative estimate of drug-likeness (QED) is 0.447. The van der Waals surface area contributed by atoms with E-state index < -0.39 is 12.6 Å². The van der Waals surface area contributed by atoms with Crippen molar-refractivity contribution in [1.29, 1.82) is 0 Å². The lowest BCUT2D eigenvalue weighted by Gasteiger charge is -2.05. The van der Waals surface area contributed by atoms with Gasteiger partial charge in [0, 0.05) is 6.54 Å². The highest BCUT2D eigenvalue weighted by Crippen LogP contribution is 2.17. The largest absolute Gasteiger partial charge is 0.390 e. The molecule has 2 N–H and O–H groups in total. The van der Waals surface area contributed by atoms with Crippen LogP contribution >= 0.6 is 0 Å². The molecule has 0 saturated carbocycles. The summed E-state index contributed by atoms with van der Waals surface area (Å²) in [5, 5.41) is 0. The van der Waals surface area contributed by atoms with Gasteiger partial charge in [-0.05, 0) is 7.05 Å². The maximum absolute atomic E-state index is 11.3. The summed E-state index contributed by atoms with van der Waals surface area (Å²) in [6.45, 7) is -0.0833. The SMILES string of the molecule is CNNCCC(F)(F)F. The van der Waals surface area contributed by atoms with Crippen LogP contribution in [0.5, 0.6) is 0 Å². The van der Waals surface area contributed by atoms with Gasteiger partial charge in [0.25, 0.3) is 0 Å². The van der Waals surface area contributed by atoms with Gasteiger partial charge in [0.05, 0.1) is 6.42 Å². The molecule has 0 spiro atoms. The van der Waals surface area contributed by atoms with Crippen LogP contribution in [-0.4, -0.2) is 19.8 Å². The zero-order valence-corrected chi connectivity index (χ0v) is 5.05. The minimum Gasteiger partial charge on any atom is -0.261 e. The topological polar surface area (TPSA) is 24.1 Å². The molecule has 0 aliphatic heterocycles. The van der Waals surface area contributed by atoms with E-state index in [1.54, 1.807) is 0 Å². The van der Waals surface area contributed by atoms with Crippen molar-refractivity contribution < 1.29 is 13.2 Å². The fraction of sp³-hybridized carbons (Fsp3) is 1.00. The molecular formula is C4H9F3N2. The van der Waals surface area contributed by atoms with E-state index in [4.69, 9.17) is 0 Å². The number of hydrogen-bond acceptors (Lipinski definition) is 2. The van der Waals surface area contributed by atoms with E-state index in [0.717, 1.165) is 0 Å². The van der Waals surface area contributed by atoms with Crippen LogP contribution in [0.4, 0.5) is 13.2 Å². The van der Waals surface area contributed by atoms with Gasteiger partial charge in [0.15, 0.2) is 0 Å². The van der Waals surface area contributed by atoms with E-state index in [2.05, 4.69) is 10.9 Å². The van der Waals surface area contributed by atoms with Crippen LogP contribution in [0.3, 0.4) is 0 Å². The van der Waals surface area contributed by atoms with Crippen LogP contribution in [0, 0.1) is 0 Å². The minimum absolute atomic E-state index is 0.0833. The van der Waals surface area contributed by atoms with Gasteiger partial charge in [-0.2, -0.15) is 13.2 Å². The molecule has 0 aromatic heterocycles. The van der Waals surface area contributed by atoms with Crippen LogP contribution in [0.1, 0.15) is 6.42 Å². The van der Waals surface area contributed by atoms with E-state index in [-0.39, 0.29) is 6.54 Å².